The van der Waals surface area contributed by atoms with Gasteiger partial charge in [0.15, 0.2) is 0 Å². The number of aliphatic imine (C=N–C) groups is 1. The lowest BCUT2D eigenvalue weighted by Crippen LogP contribution is -2.19. The molecule has 4 heteroatoms. The van der Waals surface area contributed by atoms with Crippen LogP contribution in [-0.2, 0) is 10.3 Å². The Morgan fingerprint density at radius 1 is 1.35 bits per heavy atom. The first-order valence-corrected chi connectivity index (χ1v) is 8.91. The smallest absolute Gasteiger partial charge is 0.123 e. The van der Waals surface area contributed by atoms with Crippen LogP contribution in [0.4, 0.5) is 5.69 Å². The highest BCUT2D eigenvalue weighted by Gasteiger charge is 2.23. The van der Waals surface area contributed by atoms with Crippen molar-refractivity contribution in [2.75, 3.05) is 7.11 Å². The maximum atomic E-state index is 5.68. The van der Waals surface area contributed by atoms with Crippen molar-refractivity contribution in [1.29, 1.82) is 0 Å². The van der Waals surface area contributed by atoms with Crippen molar-refractivity contribution in [1.82, 2.24) is 4.98 Å². The molecule has 3 nitrogen and oxygen atoms in total. The molecule has 0 radical (unpaired) electrons. The van der Waals surface area contributed by atoms with E-state index in [9.17, 15) is 0 Å². The third-order valence-electron chi connectivity index (χ3n) is 4.17. The number of aromatic nitrogens is 1. The van der Waals surface area contributed by atoms with E-state index in [0.717, 1.165) is 40.4 Å². The van der Waals surface area contributed by atoms with Gasteiger partial charge in [0.05, 0.1) is 11.3 Å². The topological polar surface area (TPSA) is 34.5 Å². The van der Waals surface area contributed by atoms with E-state index in [2.05, 4.69) is 51.7 Å². The van der Waals surface area contributed by atoms with Crippen LogP contribution in [0.25, 0.3) is 10.6 Å². The number of benzene rings is 1. The van der Waals surface area contributed by atoms with E-state index in [4.69, 9.17) is 9.73 Å². The van der Waals surface area contributed by atoms with E-state index in [0.29, 0.717) is 0 Å². The predicted molar refractivity (Wildman–Crippen MR) is 100.0 cm³/mol. The zero-order chi connectivity index (χ0) is 17.0. The standard InChI is InChI=1S/C19H26N2OS/c1-7-8-13(2)21-17-12-15(19(4,5)22-6)11-16(14(17)3)18-20-9-10-23-18/h9-12H,7-8H2,1-6H3. The second-order valence-corrected chi connectivity index (χ2v) is 7.21. The second kappa shape index (κ2) is 7.37. The third kappa shape index (κ3) is 4.06. The largest absolute Gasteiger partial charge is 0.374 e. The minimum atomic E-state index is -0.358. The highest BCUT2D eigenvalue weighted by Crippen LogP contribution is 2.37. The van der Waals surface area contributed by atoms with E-state index in [1.807, 2.05) is 11.6 Å². The Bertz CT molecular complexity index is 688. The van der Waals surface area contributed by atoms with E-state index >= 15 is 0 Å². The molecule has 0 amide bonds. The third-order valence-corrected chi connectivity index (χ3v) is 4.98. The maximum absolute atomic E-state index is 5.68. The van der Waals surface area contributed by atoms with Gasteiger partial charge in [0, 0.05) is 30.0 Å². The van der Waals surface area contributed by atoms with Gasteiger partial charge in [0.25, 0.3) is 0 Å². The molecule has 0 bridgehead atoms. The number of hydrogen-bond donors (Lipinski definition) is 0. The molecule has 0 saturated heterocycles. The minimum absolute atomic E-state index is 0.358. The Morgan fingerprint density at radius 2 is 2.09 bits per heavy atom. The molecular formula is C19H26N2OS. The van der Waals surface area contributed by atoms with Crippen LogP contribution in [0.2, 0.25) is 0 Å². The Morgan fingerprint density at radius 3 is 2.65 bits per heavy atom. The van der Waals surface area contributed by atoms with Crippen LogP contribution in [0.5, 0.6) is 0 Å². The fraction of sp³-hybridized carbons (Fsp3) is 0.474. The van der Waals surface area contributed by atoms with E-state index < -0.39 is 0 Å². The summed E-state index contributed by atoms with van der Waals surface area (Å²) in [6.45, 7) is 10.6. The quantitative estimate of drug-likeness (QED) is 0.619. The van der Waals surface area contributed by atoms with Crippen molar-refractivity contribution in [2.24, 2.45) is 4.99 Å². The van der Waals surface area contributed by atoms with Gasteiger partial charge in [-0.2, -0.15) is 0 Å². The van der Waals surface area contributed by atoms with Crippen LogP contribution in [0, 0.1) is 6.92 Å². The van der Waals surface area contributed by atoms with E-state index in [1.54, 1.807) is 18.4 Å². The van der Waals surface area contributed by atoms with Crippen molar-refractivity contribution >= 4 is 22.7 Å². The molecule has 0 saturated carbocycles. The summed E-state index contributed by atoms with van der Waals surface area (Å²) in [6.07, 6.45) is 3.97. The van der Waals surface area contributed by atoms with Crippen molar-refractivity contribution in [3.63, 3.8) is 0 Å². The molecular weight excluding hydrogens is 304 g/mol. The lowest BCUT2D eigenvalue weighted by molar-refractivity contribution is 0.0193. The highest BCUT2D eigenvalue weighted by atomic mass is 32.1. The van der Waals surface area contributed by atoms with Crippen LogP contribution < -0.4 is 0 Å². The van der Waals surface area contributed by atoms with E-state index in [-0.39, 0.29) is 5.60 Å². The van der Waals surface area contributed by atoms with Crippen molar-refractivity contribution in [2.45, 2.75) is 53.1 Å². The minimum Gasteiger partial charge on any atom is -0.374 e. The van der Waals surface area contributed by atoms with Gasteiger partial charge in [-0.15, -0.1) is 11.3 Å². The molecule has 0 atom stereocenters. The molecule has 1 aromatic carbocycles. The number of nitrogens with zero attached hydrogens (tertiary/aromatic N) is 2. The van der Waals surface area contributed by atoms with Gasteiger partial charge in [-0.3, -0.25) is 4.99 Å². The van der Waals surface area contributed by atoms with Crippen molar-refractivity contribution < 1.29 is 4.74 Å². The van der Waals surface area contributed by atoms with E-state index in [1.165, 1.54) is 5.56 Å². The van der Waals surface area contributed by atoms with Crippen LogP contribution in [0.1, 0.15) is 51.7 Å². The van der Waals surface area contributed by atoms with Crippen molar-refractivity contribution in [3.05, 3.63) is 34.8 Å². The molecule has 0 unspecified atom stereocenters. The molecule has 23 heavy (non-hydrogen) atoms. The number of hydrogen-bond acceptors (Lipinski definition) is 4. The Hall–Kier alpha value is -1.52. The summed E-state index contributed by atoms with van der Waals surface area (Å²) in [4.78, 5) is 9.35. The fourth-order valence-electron chi connectivity index (χ4n) is 2.48. The summed E-state index contributed by atoms with van der Waals surface area (Å²) in [5.74, 6) is 0. The number of methoxy groups -OCH3 is 1. The van der Waals surface area contributed by atoms with Crippen LogP contribution in [0.15, 0.2) is 28.7 Å². The first-order valence-electron chi connectivity index (χ1n) is 8.03. The molecule has 0 aliphatic carbocycles. The molecule has 0 aliphatic rings. The highest BCUT2D eigenvalue weighted by molar-refractivity contribution is 7.13. The SMILES string of the molecule is CCCC(C)=Nc1cc(C(C)(C)OC)cc(-c2nccs2)c1C. The van der Waals surface area contributed by atoms with Crippen LogP contribution in [-0.4, -0.2) is 17.8 Å². The summed E-state index contributed by atoms with van der Waals surface area (Å²) in [5.41, 5.74) is 5.26. The monoisotopic (exact) mass is 330 g/mol. The molecule has 0 N–H and O–H groups in total. The van der Waals surface area contributed by atoms with Gasteiger partial charge in [-0.05, 0) is 57.4 Å². The fourth-order valence-corrected chi connectivity index (χ4v) is 3.19. The van der Waals surface area contributed by atoms with Crippen LogP contribution in [0.3, 0.4) is 0 Å². The average molecular weight is 330 g/mol. The molecule has 0 aliphatic heterocycles. The second-order valence-electron chi connectivity index (χ2n) is 6.32. The van der Waals surface area contributed by atoms with Gasteiger partial charge in [-0.1, -0.05) is 13.3 Å². The van der Waals surface area contributed by atoms with Crippen LogP contribution >= 0.6 is 11.3 Å². The number of thiazole rings is 1. The first kappa shape index (κ1) is 17.8. The van der Waals surface area contributed by atoms with Gasteiger partial charge in [0.2, 0.25) is 0 Å². The number of ether oxygens (including phenoxy) is 1. The molecule has 0 spiro atoms. The molecule has 2 rings (SSSR count). The lowest BCUT2D eigenvalue weighted by Gasteiger charge is -2.25. The summed E-state index contributed by atoms with van der Waals surface area (Å²) < 4.78 is 5.68. The van der Waals surface area contributed by atoms with Gasteiger partial charge >= 0.3 is 0 Å². The normalized spacial score (nSPS) is 12.7. The van der Waals surface area contributed by atoms with Gasteiger partial charge in [0.1, 0.15) is 5.01 Å². The molecule has 1 aromatic heterocycles. The molecule has 0 fully saturated rings. The lowest BCUT2D eigenvalue weighted by atomic mass is 9.93. The Kier molecular flexibility index (Phi) is 5.71. The van der Waals surface area contributed by atoms with Gasteiger partial charge < -0.3 is 4.74 Å². The summed E-state index contributed by atoms with van der Waals surface area (Å²) >= 11 is 1.65. The average Bonchev–Trinajstić information content (AvgIpc) is 3.03. The zero-order valence-electron chi connectivity index (χ0n) is 14.9. The Labute approximate surface area is 143 Å². The summed E-state index contributed by atoms with van der Waals surface area (Å²) in [7, 11) is 1.74. The molecule has 2 aromatic rings. The maximum Gasteiger partial charge on any atom is 0.123 e. The Balaban J connectivity index is 2.64. The molecule has 124 valence electrons. The summed E-state index contributed by atoms with van der Waals surface area (Å²) in [6, 6.07) is 4.33. The van der Waals surface area contributed by atoms with Gasteiger partial charge in [-0.25, -0.2) is 4.98 Å². The molecule has 1 heterocycles. The first-order chi connectivity index (χ1) is 10.9. The number of rotatable bonds is 6. The summed E-state index contributed by atoms with van der Waals surface area (Å²) in [5, 5.41) is 3.04. The van der Waals surface area contributed by atoms with Crippen molar-refractivity contribution in [3.8, 4) is 10.6 Å². The zero-order valence-corrected chi connectivity index (χ0v) is 15.8. The predicted octanol–water partition coefficient (Wildman–Crippen LogP) is 5.89.